The van der Waals surface area contributed by atoms with E-state index in [-0.39, 0.29) is 5.92 Å². The van der Waals surface area contributed by atoms with Gasteiger partial charge in [0.1, 0.15) is 11.8 Å². The van der Waals surface area contributed by atoms with E-state index in [9.17, 15) is 14.7 Å². The average Bonchev–Trinajstić information content (AvgIpc) is 2.42. The molecule has 2 atom stereocenters. The number of halogens is 1. The van der Waals surface area contributed by atoms with Crippen LogP contribution in [-0.2, 0) is 4.79 Å². The van der Waals surface area contributed by atoms with Crippen molar-refractivity contribution >= 4 is 27.8 Å². The van der Waals surface area contributed by atoms with Crippen molar-refractivity contribution in [3.8, 4) is 5.75 Å². The summed E-state index contributed by atoms with van der Waals surface area (Å²) in [4.78, 5) is 23.4. The Morgan fingerprint density at radius 3 is 2.60 bits per heavy atom. The molecule has 2 N–H and O–H groups in total. The Bertz CT molecular complexity index is 504. The molecule has 6 heteroatoms. The topological polar surface area (TPSA) is 75.6 Å². The summed E-state index contributed by atoms with van der Waals surface area (Å²) < 4.78 is 5.92. The molecule has 1 rings (SSSR count). The van der Waals surface area contributed by atoms with Gasteiger partial charge in [0.2, 0.25) is 0 Å². The first-order chi connectivity index (χ1) is 9.40. The monoisotopic (exact) mass is 343 g/mol. The number of methoxy groups -OCH3 is 1. The highest BCUT2D eigenvalue weighted by atomic mass is 79.9. The van der Waals surface area contributed by atoms with E-state index in [1.807, 2.05) is 6.92 Å². The highest BCUT2D eigenvalue weighted by Gasteiger charge is 2.26. The molecule has 1 aromatic carbocycles. The first-order valence-corrected chi connectivity index (χ1v) is 7.07. The Hall–Kier alpha value is -1.56. The zero-order valence-corrected chi connectivity index (χ0v) is 13.2. The van der Waals surface area contributed by atoms with Crippen LogP contribution in [0.2, 0.25) is 0 Å². The SMILES string of the molecule is CC[C@H](C)[C@H](NC(=O)c1ccc(Br)cc1OC)C(=O)O. The number of aliphatic carboxylic acids is 1. The molecular weight excluding hydrogens is 326 g/mol. The lowest BCUT2D eigenvalue weighted by atomic mass is 9.99. The number of ether oxygens (including phenoxy) is 1. The smallest absolute Gasteiger partial charge is 0.326 e. The van der Waals surface area contributed by atoms with E-state index in [0.717, 1.165) is 4.47 Å². The van der Waals surface area contributed by atoms with Crippen molar-refractivity contribution < 1.29 is 19.4 Å². The van der Waals surface area contributed by atoms with E-state index >= 15 is 0 Å². The predicted molar refractivity (Wildman–Crippen MR) is 79.0 cm³/mol. The van der Waals surface area contributed by atoms with Crippen molar-refractivity contribution in [3.05, 3.63) is 28.2 Å². The molecule has 110 valence electrons. The molecule has 5 nitrogen and oxygen atoms in total. The number of nitrogens with one attached hydrogen (secondary N) is 1. The molecule has 1 aromatic rings. The number of carboxylic acid groups (broad SMARTS) is 1. The zero-order chi connectivity index (χ0) is 15.3. The lowest BCUT2D eigenvalue weighted by molar-refractivity contribution is -0.140. The van der Waals surface area contributed by atoms with Crippen LogP contribution in [0, 0.1) is 5.92 Å². The van der Waals surface area contributed by atoms with Gasteiger partial charge in [0, 0.05) is 4.47 Å². The highest BCUT2D eigenvalue weighted by molar-refractivity contribution is 9.10. The van der Waals surface area contributed by atoms with Crippen LogP contribution >= 0.6 is 15.9 Å². The maximum absolute atomic E-state index is 12.2. The molecule has 0 heterocycles. The number of carboxylic acids is 1. The number of benzene rings is 1. The molecule has 0 aliphatic rings. The van der Waals surface area contributed by atoms with Crippen LogP contribution in [0.1, 0.15) is 30.6 Å². The lowest BCUT2D eigenvalue weighted by Gasteiger charge is -2.20. The van der Waals surface area contributed by atoms with Gasteiger partial charge in [-0.3, -0.25) is 4.79 Å². The van der Waals surface area contributed by atoms with Gasteiger partial charge in [-0.2, -0.15) is 0 Å². The van der Waals surface area contributed by atoms with Crippen LogP contribution in [-0.4, -0.2) is 30.1 Å². The summed E-state index contributed by atoms with van der Waals surface area (Å²) in [6.45, 7) is 3.67. The fraction of sp³-hybridized carbons (Fsp3) is 0.429. The van der Waals surface area contributed by atoms with Crippen LogP contribution in [0.5, 0.6) is 5.75 Å². The molecular formula is C14H18BrNO4. The van der Waals surface area contributed by atoms with Crippen LogP contribution in [0.3, 0.4) is 0 Å². The number of hydrogen-bond acceptors (Lipinski definition) is 3. The summed E-state index contributed by atoms with van der Waals surface area (Å²) in [6.07, 6.45) is 0.661. The number of hydrogen-bond donors (Lipinski definition) is 2. The molecule has 0 unspecified atom stereocenters. The van der Waals surface area contributed by atoms with E-state index in [2.05, 4.69) is 21.2 Å². The minimum atomic E-state index is -1.04. The Kier molecular flexibility index (Phi) is 6.01. The molecule has 0 saturated heterocycles. The number of carbonyl (C=O) groups is 2. The van der Waals surface area contributed by atoms with E-state index in [1.54, 1.807) is 25.1 Å². The molecule has 0 radical (unpaired) electrons. The second-order valence-corrected chi connectivity index (χ2v) is 5.44. The summed E-state index contributed by atoms with van der Waals surface area (Å²) in [7, 11) is 1.46. The third kappa shape index (κ3) is 3.96. The van der Waals surface area contributed by atoms with Crippen molar-refractivity contribution in [1.29, 1.82) is 0 Å². The van der Waals surface area contributed by atoms with Gasteiger partial charge in [-0.25, -0.2) is 4.79 Å². The second kappa shape index (κ2) is 7.28. The van der Waals surface area contributed by atoms with Gasteiger partial charge in [0.25, 0.3) is 5.91 Å². The van der Waals surface area contributed by atoms with Crippen molar-refractivity contribution in [2.75, 3.05) is 7.11 Å². The molecule has 0 aliphatic heterocycles. The first kappa shape index (κ1) is 16.5. The van der Waals surface area contributed by atoms with E-state index < -0.39 is 17.9 Å². The Morgan fingerprint density at radius 2 is 2.10 bits per heavy atom. The lowest BCUT2D eigenvalue weighted by Crippen LogP contribution is -2.45. The quantitative estimate of drug-likeness (QED) is 0.832. The molecule has 0 aromatic heterocycles. The molecule has 0 bridgehead atoms. The fourth-order valence-electron chi connectivity index (χ4n) is 1.75. The summed E-state index contributed by atoms with van der Waals surface area (Å²) in [5, 5.41) is 11.7. The standard InChI is InChI=1S/C14H18BrNO4/c1-4-8(2)12(14(18)19)16-13(17)10-6-5-9(15)7-11(10)20-3/h5-8,12H,4H2,1-3H3,(H,16,17)(H,18,19)/t8-,12-/m0/s1. The maximum Gasteiger partial charge on any atom is 0.326 e. The normalized spacial score (nSPS) is 13.4. The highest BCUT2D eigenvalue weighted by Crippen LogP contribution is 2.23. The molecule has 0 fully saturated rings. The van der Waals surface area contributed by atoms with Crippen molar-refractivity contribution in [2.24, 2.45) is 5.92 Å². The average molecular weight is 344 g/mol. The Labute approximate surface area is 126 Å². The maximum atomic E-state index is 12.2. The van der Waals surface area contributed by atoms with Gasteiger partial charge in [0.05, 0.1) is 12.7 Å². The van der Waals surface area contributed by atoms with Crippen LogP contribution in [0.25, 0.3) is 0 Å². The first-order valence-electron chi connectivity index (χ1n) is 6.27. The summed E-state index contributed by atoms with van der Waals surface area (Å²) in [5.41, 5.74) is 0.310. The summed E-state index contributed by atoms with van der Waals surface area (Å²) in [6, 6.07) is 4.04. The van der Waals surface area contributed by atoms with Gasteiger partial charge >= 0.3 is 5.97 Å². The Balaban J connectivity index is 2.97. The van der Waals surface area contributed by atoms with Crippen LogP contribution in [0.4, 0.5) is 0 Å². The summed E-state index contributed by atoms with van der Waals surface area (Å²) in [5.74, 6) is -1.26. The minimum Gasteiger partial charge on any atom is -0.496 e. The van der Waals surface area contributed by atoms with Gasteiger partial charge in [-0.15, -0.1) is 0 Å². The van der Waals surface area contributed by atoms with Gasteiger partial charge < -0.3 is 15.2 Å². The molecule has 0 aliphatic carbocycles. The molecule has 1 amide bonds. The third-order valence-electron chi connectivity index (χ3n) is 3.17. The van der Waals surface area contributed by atoms with Crippen molar-refractivity contribution in [2.45, 2.75) is 26.3 Å². The second-order valence-electron chi connectivity index (χ2n) is 4.52. The number of amides is 1. The van der Waals surface area contributed by atoms with E-state index in [0.29, 0.717) is 17.7 Å². The molecule has 0 saturated carbocycles. The largest absolute Gasteiger partial charge is 0.496 e. The molecule has 20 heavy (non-hydrogen) atoms. The Morgan fingerprint density at radius 1 is 1.45 bits per heavy atom. The van der Waals surface area contributed by atoms with Crippen molar-refractivity contribution in [3.63, 3.8) is 0 Å². The van der Waals surface area contributed by atoms with Crippen molar-refractivity contribution in [1.82, 2.24) is 5.32 Å². The van der Waals surface area contributed by atoms with Crippen LogP contribution in [0.15, 0.2) is 22.7 Å². The van der Waals surface area contributed by atoms with Gasteiger partial charge in [0.15, 0.2) is 0 Å². The summed E-state index contributed by atoms with van der Waals surface area (Å²) >= 11 is 3.29. The number of rotatable bonds is 6. The third-order valence-corrected chi connectivity index (χ3v) is 3.67. The predicted octanol–water partition coefficient (Wildman–Crippen LogP) is 2.69. The molecule has 0 spiro atoms. The minimum absolute atomic E-state index is 0.155. The fourth-order valence-corrected chi connectivity index (χ4v) is 2.09. The van der Waals surface area contributed by atoms with Crippen LogP contribution < -0.4 is 10.1 Å². The van der Waals surface area contributed by atoms with Gasteiger partial charge in [-0.1, -0.05) is 36.2 Å². The van der Waals surface area contributed by atoms with E-state index in [1.165, 1.54) is 7.11 Å². The van der Waals surface area contributed by atoms with Gasteiger partial charge in [-0.05, 0) is 24.1 Å². The van der Waals surface area contributed by atoms with E-state index in [4.69, 9.17) is 4.74 Å². The number of carbonyl (C=O) groups excluding carboxylic acids is 1. The zero-order valence-electron chi connectivity index (χ0n) is 11.6.